The lowest BCUT2D eigenvalue weighted by Crippen LogP contribution is -3.11. The zero-order valence-corrected chi connectivity index (χ0v) is 15.6. The summed E-state index contributed by atoms with van der Waals surface area (Å²) in [5.74, 6) is -0.435. The maximum atomic E-state index is 12.2. The van der Waals surface area contributed by atoms with Crippen LogP contribution in [0.15, 0.2) is 59.0 Å². The van der Waals surface area contributed by atoms with E-state index in [2.05, 4.69) is 29.1 Å². The molecule has 0 bridgehead atoms. The van der Waals surface area contributed by atoms with E-state index in [-0.39, 0.29) is 5.88 Å². The van der Waals surface area contributed by atoms with Crippen molar-refractivity contribution in [1.29, 1.82) is 0 Å². The molecule has 0 unspecified atom stereocenters. The van der Waals surface area contributed by atoms with E-state index in [1.165, 1.54) is 17.3 Å². The van der Waals surface area contributed by atoms with Crippen molar-refractivity contribution >= 4 is 22.5 Å². The van der Waals surface area contributed by atoms with Crippen LogP contribution in [0.2, 0.25) is 0 Å². The van der Waals surface area contributed by atoms with Gasteiger partial charge in [-0.1, -0.05) is 18.2 Å². The number of carbonyl (C=O) groups is 1. The average Bonchev–Trinajstić information content (AvgIpc) is 2.98. The van der Waals surface area contributed by atoms with Crippen LogP contribution in [0.3, 0.4) is 0 Å². The molecule has 0 aliphatic carbocycles. The fourth-order valence-electron chi connectivity index (χ4n) is 3.12. The molecule has 0 spiro atoms. The number of rotatable bonds is 7. The van der Waals surface area contributed by atoms with Gasteiger partial charge in [-0.05, 0) is 32.0 Å². The SMILES string of the molecule is CC[NH+](CC)CCn1c(O)c(N=NC(=O)c2ccncc2)c2ccccc21. The van der Waals surface area contributed by atoms with E-state index in [0.717, 1.165) is 30.5 Å². The molecule has 1 aromatic carbocycles. The van der Waals surface area contributed by atoms with Gasteiger partial charge in [-0.3, -0.25) is 9.78 Å². The van der Waals surface area contributed by atoms with E-state index in [4.69, 9.17) is 0 Å². The standard InChI is InChI=1S/C20H23N5O2/c1-3-24(4-2)13-14-25-17-8-6-5-7-16(17)18(20(25)27)22-23-19(26)15-9-11-21-12-10-15/h5-12,27H,3-4,13-14H2,1-2H3/p+1. The number of hydrogen-bond donors (Lipinski definition) is 2. The van der Waals surface area contributed by atoms with Crippen molar-refractivity contribution in [1.82, 2.24) is 9.55 Å². The minimum absolute atomic E-state index is 0.0361. The molecule has 0 radical (unpaired) electrons. The minimum atomic E-state index is -0.471. The molecule has 2 heterocycles. The number of fused-ring (bicyclic) bond motifs is 1. The first-order valence-corrected chi connectivity index (χ1v) is 9.15. The van der Waals surface area contributed by atoms with E-state index in [1.54, 1.807) is 12.1 Å². The van der Waals surface area contributed by atoms with E-state index in [0.29, 0.717) is 17.8 Å². The number of quaternary nitrogens is 1. The third kappa shape index (κ3) is 4.03. The van der Waals surface area contributed by atoms with E-state index < -0.39 is 5.91 Å². The molecule has 2 N–H and O–H groups in total. The number of azo groups is 1. The summed E-state index contributed by atoms with van der Waals surface area (Å²) in [6.07, 6.45) is 3.06. The molecule has 3 rings (SSSR count). The summed E-state index contributed by atoms with van der Waals surface area (Å²) in [4.78, 5) is 17.5. The largest absolute Gasteiger partial charge is 0.493 e. The molecule has 7 nitrogen and oxygen atoms in total. The third-order valence-corrected chi connectivity index (χ3v) is 4.77. The summed E-state index contributed by atoms with van der Waals surface area (Å²) in [7, 11) is 0. The maximum Gasteiger partial charge on any atom is 0.295 e. The molecule has 0 aliphatic heterocycles. The normalized spacial score (nSPS) is 11.7. The number of hydrogen-bond acceptors (Lipinski definition) is 4. The van der Waals surface area contributed by atoms with Gasteiger partial charge in [0.15, 0.2) is 5.69 Å². The molecule has 140 valence electrons. The molecule has 3 aromatic rings. The lowest BCUT2D eigenvalue weighted by atomic mass is 10.2. The zero-order chi connectivity index (χ0) is 19.2. The Labute approximate surface area is 158 Å². The zero-order valence-electron chi connectivity index (χ0n) is 15.6. The molecule has 0 aliphatic rings. The van der Waals surface area contributed by atoms with Crippen LogP contribution in [-0.2, 0) is 6.54 Å². The fourth-order valence-corrected chi connectivity index (χ4v) is 3.12. The molecule has 27 heavy (non-hydrogen) atoms. The molecule has 0 saturated carbocycles. The Balaban J connectivity index is 1.92. The van der Waals surface area contributed by atoms with Crippen LogP contribution < -0.4 is 4.90 Å². The summed E-state index contributed by atoms with van der Waals surface area (Å²) in [5.41, 5.74) is 1.61. The van der Waals surface area contributed by atoms with E-state index in [9.17, 15) is 9.90 Å². The van der Waals surface area contributed by atoms with E-state index in [1.807, 2.05) is 28.8 Å². The highest BCUT2D eigenvalue weighted by molar-refractivity contribution is 5.97. The maximum absolute atomic E-state index is 12.2. The highest BCUT2D eigenvalue weighted by atomic mass is 16.3. The Hall–Kier alpha value is -3.06. The lowest BCUT2D eigenvalue weighted by Gasteiger charge is -2.16. The molecule has 1 amide bonds. The Bertz CT molecular complexity index is 946. The average molecular weight is 366 g/mol. The van der Waals surface area contributed by atoms with Crippen molar-refractivity contribution < 1.29 is 14.8 Å². The van der Waals surface area contributed by atoms with Crippen molar-refractivity contribution in [3.63, 3.8) is 0 Å². The Morgan fingerprint density at radius 3 is 2.56 bits per heavy atom. The quantitative estimate of drug-likeness (QED) is 0.631. The molecule has 7 heteroatoms. The second kappa shape index (κ2) is 8.55. The van der Waals surface area contributed by atoms with Gasteiger partial charge in [-0.2, -0.15) is 0 Å². The van der Waals surface area contributed by atoms with E-state index >= 15 is 0 Å². The smallest absolute Gasteiger partial charge is 0.295 e. The van der Waals surface area contributed by atoms with Crippen LogP contribution in [0.25, 0.3) is 10.9 Å². The second-order valence-corrected chi connectivity index (χ2v) is 6.29. The van der Waals surface area contributed by atoms with Gasteiger partial charge in [-0.25, -0.2) is 0 Å². The minimum Gasteiger partial charge on any atom is -0.493 e. The number of nitrogens with one attached hydrogen (secondary N) is 1. The predicted molar refractivity (Wildman–Crippen MR) is 104 cm³/mol. The summed E-state index contributed by atoms with van der Waals surface area (Å²) < 4.78 is 1.84. The van der Waals surface area contributed by atoms with Crippen molar-refractivity contribution in [2.75, 3.05) is 19.6 Å². The molecular formula is C20H24N5O2+. The lowest BCUT2D eigenvalue weighted by molar-refractivity contribution is -0.897. The Morgan fingerprint density at radius 2 is 1.85 bits per heavy atom. The van der Waals surface area contributed by atoms with Gasteiger partial charge in [0.05, 0.1) is 31.7 Å². The van der Waals surface area contributed by atoms with Gasteiger partial charge in [0, 0.05) is 23.3 Å². The number of benzene rings is 1. The van der Waals surface area contributed by atoms with Crippen molar-refractivity contribution in [3.8, 4) is 5.88 Å². The summed E-state index contributed by atoms with van der Waals surface area (Å²) in [6, 6.07) is 10.8. The van der Waals surface area contributed by atoms with Gasteiger partial charge in [0.25, 0.3) is 5.91 Å². The summed E-state index contributed by atoms with van der Waals surface area (Å²) in [6.45, 7) is 7.92. The number of carbonyl (C=O) groups excluding carboxylic acids is 1. The first kappa shape index (κ1) is 18.7. The number of para-hydroxylation sites is 1. The predicted octanol–water partition coefficient (Wildman–Crippen LogP) is 2.59. The first-order chi connectivity index (χ1) is 13.2. The Morgan fingerprint density at radius 1 is 1.15 bits per heavy atom. The van der Waals surface area contributed by atoms with Gasteiger partial charge in [-0.15, -0.1) is 10.2 Å². The molecule has 2 aromatic heterocycles. The van der Waals surface area contributed by atoms with Crippen LogP contribution in [0.5, 0.6) is 5.88 Å². The number of aromatic nitrogens is 2. The second-order valence-electron chi connectivity index (χ2n) is 6.29. The highest BCUT2D eigenvalue weighted by Crippen LogP contribution is 2.38. The number of pyridine rings is 1. The van der Waals surface area contributed by atoms with Crippen LogP contribution >= 0.6 is 0 Å². The number of aromatic hydroxyl groups is 1. The Kier molecular flexibility index (Phi) is 5.93. The molecule has 0 atom stereocenters. The van der Waals surface area contributed by atoms with Crippen molar-refractivity contribution in [2.24, 2.45) is 10.2 Å². The van der Waals surface area contributed by atoms with Crippen LogP contribution in [0.4, 0.5) is 5.69 Å². The monoisotopic (exact) mass is 366 g/mol. The topological polar surface area (TPSA) is 84.3 Å². The number of likely N-dealkylation sites (N-methyl/N-ethyl adjacent to an activating group) is 1. The number of amides is 1. The first-order valence-electron chi connectivity index (χ1n) is 9.15. The van der Waals surface area contributed by atoms with Gasteiger partial charge in [0.2, 0.25) is 5.88 Å². The van der Waals surface area contributed by atoms with Crippen LogP contribution in [0.1, 0.15) is 24.2 Å². The molecular weight excluding hydrogens is 342 g/mol. The highest BCUT2D eigenvalue weighted by Gasteiger charge is 2.18. The van der Waals surface area contributed by atoms with Gasteiger partial charge in [0.1, 0.15) is 0 Å². The fraction of sp³-hybridized carbons (Fsp3) is 0.300. The summed E-state index contributed by atoms with van der Waals surface area (Å²) in [5, 5.41) is 19.4. The van der Waals surface area contributed by atoms with Crippen LogP contribution in [0, 0.1) is 0 Å². The van der Waals surface area contributed by atoms with Gasteiger partial charge < -0.3 is 14.6 Å². The summed E-state index contributed by atoms with van der Waals surface area (Å²) >= 11 is 0. The van der Waals surface area contributed by atoms with Crippen LogP contribution in [-0.4, -0.2) is 40.2 Å². The molecule has 0 saturated heterocycles. The number of nitrogens with zero attached hydrogens (tertiary/aromatic N) is 4. The van der Waals surface area contributed by atoms with Gasteiger partial charge >= 0.3 is 0 Å². The third-order valence-electron chi connectivity index (χ3n) is 4.77. The molecule has 0 fully saturated rings. The van der Waals surface area contributed by atoms with Crippen molar-refractivity contribution in [3.05, 3.63) is 54.4 Å². The van der Waals surface area contributed by atoms with Crippen molar-refractivity contribution in [2.45, 2.75) is 20.4 Å².